The van der Waals surface area contributed by atoms with Gasteiger partial charge in [-0.2, -0.15) is 0 Å². The first-order valence-corrected chi connectivity index (χ1v) is 6.44. The van der Waals surface area contributed by atoms with Crippen LogP contribution in [-0.4, -0.2) is 29.6 Å². The van der Waals surface area contributed by atoms with Crippen molar-refractivity contribution in [2.24, 2.45) is 0 Å². The molecule has 1 aromatic rings. The molecule has 1 fully saturated rings. The Hall–Kier alpha value is -1.55. The van der Waals surface area contributed by atoms with E-state index in [1.54, 1.807) is 24.3 Å². The second kappa shape index (κ2) is 5.87. The average molecular weight is 248 g/mol. The normalized spacial score (nSPS) is 23.6. The second-order valence-corrected chi connectivity index (χ2v) is 4.99. The summed E-state index contributed by atoms with van der Waals surface area (Å²) in [4.78, 5) is 11.9. The van der Waals surface area contributed by atoms with Crippen LogP contribution < -0.4 is 10.6 Å². The Labute approximate surface area is 107 Å². The summed E-state index contributed by atoms with van der Waals surface area (Å²) < 4.78 is 0. The van der Waals surface area contributed by atoms with Gasteiger partial charge in [-0.25, -0.2) is 0 Å². The molecule has 4 nitrogen and oxygen atoms in total. The van der Waals surface area contributed by atoms with Crippen LogP contribution in [0.25, 0.3) is 0 Å². The summed E-state index contributed by atoms with van der Waals surface area (Å²) in [6, 6.07) is 7.52. The molecule has 0 aromatic heterocycles. The van der Waals surface area contributed by atoms with Crippen LogP contribution in [-0.2, 0) is 11.2 Å². The first kappa shape index (κ1) is 12.9. The number of rotatable bonds is 3. The number of carbonyl (C=O) groups excluding carboxylic acids is 1. The number of hydrogen-bond acceptors (Lipinski definition) is 3. The Morgan fingerprint density at radius 1 is 1.44 bits per heavy atom. The highest BCUT2D eigenvalue weighted by Crippen LogP contribution is 2.11. The summed E-state index contributed by atoms with van der Waals surface area (Å²) in [6.45, 7) is 3.10. The fraction of sp³-hybridized carbons (Fsp3) is 0.500. The highest BCUT2D eigenvalue weighted by molar-refractivity contribution is 5.78. The third-order valence-electron chi connectivity index (χ3n) is 3.29. The Balaban J connectivity index is 1.83. The van der Waals surface area contributed by atoms with Crippen LogP contribution in [0.4, 0.5) is 0 Å². The molecule has 2 unspecified atom stereocenters. The van der Waals surface area contributed by atoms with Crippen LogP contribution in [0.2, 0.25) is 0 Å². The number of amides is 1. The van der Waals surface area contributed by atoms with E-state index in [-0.39, 0.29) is 17.7 Å². The standard InChI is InChI=1S/C14H20N2O2/c1-10-8-12(6-7-15-10)16-14(18)9-11-2-4-13(17)5-3-11/h2-5,10,12,15,17H,6-9H2,1H3,(H,16,18). The zero-order valence-corrected chi connectivity index (χ0v) is 10.6. The van der Waals surface area contributed by atoms with Crippen LogP contribution >= 0.6 is 0 Å². The zero-order chi connectivity index (χ0) is 13.0. The van der Waals surface area contributed by atoms with Crippen molar-refractivity contribution < 1.29 is 9.90 Å². The van der Waals surface area contributed by atoms with Crippen molar-refractivity contribution in [3.8, 4) is 5.75 Å². The van der Waals surface area contributed by atoms with E-state index in [2.05, 4.69) is 17.6 Å². The fourth-order valence-corrected chi connectivity index (χ4v) is 2.34. The summed E-state index contributed by atoms with van der Waals surface area (Å²) in [5.41, 5.74) is 0.923. The molecule has 0 aliphatic carbocycles. The predicted octanol–water partition coefficient (Wildman–Crippen LogP) is 1.19. The smallest absolute Gasteiger partial charge is 0.224 e. The zero-order valence-electron chi connectivity index (χ0n) is 10.6. The third-order valence-corrected chi connectivity index (χ3v) is 3.29. The number of carbonyl (C=O) groups is 1. The molecule has 3 N–H and O–H groups in total. The molecule has 2 rings (SSSR count). The number of piperidine rings is 1. The molecular formula is C14H20N2O2. The van der Waals surface area contributed by atoms with Gasteiger partial charge in [0.2, 0.25) is 5.91 Å². The predicted molar refractivity (Wildman–Crippen MR) is 70.4 cm³/mol. The highest BCUT2D eigenvalue weighted by atomic mass is 16.3. The Kier molecular flexibility index (Phi) is 4.20. The highest BCUT2D eigenvalue weighted by Gasteiger charge is 2.19. The maximum Gasteiger partial charge on any atom is 0.224 e. The Morgan fingerprint density at radius 2 is 2.17 bits per heavy atom. The van der Waals surface area contributed by atoms with Gasteiger partial charge in [0.05, 0.1) is 6.42 Å². The first-order chi connectivity index (χ1) is 8.63. The second-order valence-electron chi connectivity index (χ2n) is 4.99. The van der Waals surface area contributed by atoms with Gasteiger partial charge >= 0.3 is 0 Å². The molecule has 1 saturated heterocycles. The first-order valence-electron chi connectivity index (χ1n) is 6.44. The molecule has 1 heterocycles. The number of benzene rings is 1. The van der Waals surface area contributed by atoms with Crippen molar-refractivity contribution in [1.82, 2.24) is 10.6 Å². The molecule has 18 heavy (non-hydrogen) atoms. The van der Waals surface area contributed by atoms with Crippen LogP contribution in [0.1, 0.15) is 25.3 Å². The average Bonchev–Trinajstić information content (AvgIpc) is 2.32. The molecule has 98 valence electrons. The van der Waals surface area contributed by atoms with E-state index in [0.29, 0.717) is 12.5 Å². The van der Waals surface area contributed by atoms with Crippen molar-refractivity contribution in [3.05, 3.63) is 29.8 Å². The number of phenols is 1. The lowest BCUT2D eigenvalue weighted by Gasteiger charge is -2.28. The lowest BCUT2D eigenvalue weighted by atomic mass is 10.0. The van der Waals surface area contributed by atoms with Crippen LogP contribution in [0, 0.1) is 0 Å². The van der Waals surface area contributed by atoms with E-state index in [9.17, 15) is 9.90 Å². The summed E-state index contributed by atoms with van der Waals surface area (Å²) in [5, 5.41) is 15.6. The van der Waals surface area contributed by atoms with Gasteiger partial charge < -0.3 is 15.7 Å². The molecule has 4 heteroatoms. The lowest BCUT2D eigenvalue weighted by Crippen LogP contribution is -2.46. The van der Waals surface area contributed by atoms with E-state index in [0.717, 1.165) is 24.9 Å². The molecule has 0 saturated carbocycles. The summed E-state index contributed by atoms with van der Waals surface area (Å²) >= 11 is 0. The van der Waals surface area contributed by atoms with E-state index in [4.69, 9.17) is 0 Å². The minimum atomic E-state index is 0.0554. The van der Waals surface area contributed by atoms with Crippen LogP contribution in [0.3, 0.4) is 0 Å². The molecule has 1 aliphatic rings. The minimum absolute atomic E-state index is 0.0554. The van der Waals surface area contributed by atoms with E-state index in [1.165, 1.54) is 0 Å². The lowest BCUT2D eigenvalue weighted by molar-refractivity contribution is -0.121. The van der Waals surface area contributed by atoms with Crippen LogP contribution in [0.5, 0.6) is 5.75 Å². The third kappa shape index (κ3) is 3.74. The van der Waals surface area contributed by atoms with Gasteiger partial charge in [0, 0.05) is 12.1 Å². The van der Waals surface area contributed by atoms with E-state index >= 15 is 0 Å². The summed E-state index contributed by atoms with van der Waals surface area (Å²) in [5.74, 6) is 0.283. The van der Waals surface area contributed by atoms with Crippen LogP contribution in [0.15, 0.2) is 24.3 Å². The number of nitrogens with one attached hydrogen (secondary N) is 2. The molecule has 0 radical (unpaired) electrons. The molecule has 1 aliphatic heterocycles. The summed E-state index contributed by atoms with van der Waals surface area (Å²) in [7, 11) is 0. The Morgan fingerprint density at radius 3 is 2.83 bits per heavy atom. The van der Waals surface area contributed by atoms with Gasteiger partial charge in [-0.1, -0.05) is 12.1 Å². The van der Waals surface area contributed by atoms with Crippen molar-refractivity contribution in [1.29, 1.82) is 0 Å². The molecule has 1 aromatic carbocycles. The van der Waals surface area contributed by atoms with Crippen molar-refractivity contribution in [2.45, 2.75) is 38.3 Å². The van der Waals surface area contributed by atoms with Gasteiger partial charge in [0.1, 0.15) is 5.75 Å². The molecular weight excluding hydrogens is 228 g/mol. The van der Waals surface area contributed by atoms with Crippen molar-refractivity contribution in [2.75, 3.05) is 6.54 Å². The number of phenolic OH excluding ortho intramolecular Hbond substituents is 1. The molecule has 2 atom stereocenters. The van der Waals surface area contributed by atoms with Gasteiger partial charge in [-0.15, -0.1) is 0 Å². The summed E-state index contributed by atoms with van der Waals surface area (Å²) in [6.07, 6.45) is 2.35. The minimum Gasteiger partial charge on any atom is -0.508 e. The van der Waals surface area contributed by atoms with Gasteiger partial charge in [-0.05, 0) is 44.0 Å². The van der Waals surface area contributed by atoms with Crippen molar-refractivity contribution >= 4 is 5.91 Å². The molecule has 0 bridgehead atoms. The quantitative estimate of drug-likeness (QED) is 0.753. The maximum absolute atomic E-state index is 11.9. The number of hydrogen-bond donors (Lipinski definition) is 3. The van der Waals surface area contributed by atoms with E-state index in [1.807, 2.05) is 0 Å². The topological polar surface area (TPSA) is 61.4 Å². The SMILES string of the molecule is CC1CC(NC(=O)Cc2ccc(O)cc2)CCN1. The van der Waals surface area contributed by atoms with Gasteiger partial charge in [0.25, 0.3) is 0 Å². The number of aromatic hydroxyl groups is 1. The Bertz CT molecular complexity index is 403. The maximum atomic E-state index is 11.9. The van der Waals surface area contributed by atoms with Gasteiger partial charge in [-0.3, -0.25) is 4.79 Å². The monoisotopic (exact) mass is 248 g/mol. The molecule has 1 amide bonds. The fourth-order valence-electron chi connectivity index (χ4n) is 2.34. The van der Waals surface area contributed by atoms with E-state index < -0.39 is 0 Å². The van der Waals surface area contributed by atoms with Crippen molar-refractivity contribution in [3.63, 3.8) is 0 Å². The van der Waals surface area contributed by atoms with Gasteiger partial charge in [0.15, 0.2) is 0 Å². The molecule has 0 spiro atoms. The largest absolute Gasteiger partial charge is 0.508 e.